The molecule has 0 aliphatic heterocycles. The van der Waals surface area contributed by atoms with Gasteiger partial charge in [0, 0.05) is 26.0 Å². The molecule has 8 heteroatoms. The monoisotopic (exact) mass is 305 g/mol. The van der Waals surface area contributed by atoms with Crippen LogP contribution in [-0.2, 0) is 13.6 Å². The molecule has 8 nitrogen and oxygen atoms in total. The number of nitrogens with zero attached hydrogens (tertiary/aromatic N) is 5. The number of hydrogen-bond acceptors (Lipinski definition) is 4. The van der Waals surface area contributed by atoms with Crippen molar-refractivity contribution in [3.8, 4) is 0 Å². The highest BCUT2D eigenvalue weighted by molar-refractivity contribution is 5.74. The van der Waals surface area contributed by atoms with Gasteiger partial charge in [-0.2, -0.15) is 5.10 Å². The minimum atomic E-state index is -0.252. The van der Waals surface area contributed by atoms with Crippen LogP contribution in [0.25, 0.3) is 0 Å². The molecule has 22 heavy (non-hydrogen) atoms. The molecule has 0 spiro atoms. The summed E-state index contributed by atoms with van der Waals surface area (Å²) in [5.74, 6) is 2.17. The van der Waals surface area contributed by atoms with Crippen molar-refractivity contribution in [2.75, 3.05) is 6.54 Å². The average molecular weight is 305 g/mol. The maximum Gasteiger partial charge on any atom is 0.318 e. The number of aryl methyl sites for hydroxylation is 2. The van der Waals surface area contributed by atoms with E-state index in [1.54, 1.807) is 11.1 Å². The average Bonchev–Trinajstić information content (AvgIpc) is 3.07. The fourth-order valence-electron chi connectivity index (χ4n) is 2.14. The fourth-order valence-corrected chi connectivity index (χ4v) is 2.14. The van der Waals surface area contributed by atoms with E-state index >= 15 is 0 Å². The van der Waals surface area contributed by atoms with Gasteiger partial charge in [0.15, 0.2) is 5.82 Å². The molecule has 0 unspecified atom stereocenters. The third-order valence-electron chi connectivity index (χ3n) is 3.38. The van der Waals surface area contributed by atoms with E-state index in [4.69, 9.17) is 0 Å². The van der Waals surface area contributed by atoms with Gasteiger partial charge in [-0.25, -0.2) is 14.8 Å². The number of carbonyl (C=O) groups excluding carboxylic acids is 1. The second-order valence-corrected chi connectivity index (χ2v) is 5.33. The van der Waals surface area contributed by atoms with Gasteiger partial charge >= 0.3 is 6.03 Å². The van der Waals surface area contributed by atoms with Gasteiger partial charge in [-0.15, -0.1) is 0 Å². The molecule has 0 aliphatic rings. The van der Waals surface area contributed by atoms with E-state index in [-0.39, 0.29) is 12.1 Å². The summed E-state index contributed by atoms with van der Waals surface area (Å²) in [6, 6.07) is -0.391. The number of aromatic nitrogens is 5. The van der Waals surface area contributed by atoms with Gasteiger partial charge in [0.05, 0.1) is 12.6 Å². The Kier molecular flexibility index (Phi) is 5.13. The number of H-pyrrole nitrogens is 1. The minimum absolute atomic E-state index is 0.139. The van der Waals surface area contributed by atoms with Gasteiger partial charge < -0.3 is 14.8 Å². The van der Waals surface area contributed by atoms with E-state index in [2.05, 4.69) is 25.5 Å². The van der Waals surface area contributed by atoms with Crippen LogP contribution in [0.15, 0.2) is 12.4 Å². The molecule has 0 bridgehead atoms. The number of carbonyl (C=O) groups is 1. The Bertz CT molecular complexity index is 618. The van der Waals surface area contributed by atoms with Crippen LogP contribution in [0.2, 0.25) is 0 Å². The van der Waals surface area contributed by atoms with Crippen molar-refractivity contribution in [1.29, 1.82) is 0 Å². The SMILES string of the molecule is CCCN(Cc1nccn1C)C(=O)N[C@@H](C)c1n[nH]c(C)n1. The van der Waals surface area contributed by atoms with E-state index in [1.807, 2.05) is 38.6 Å². The van der Waals surface area contributed by atoms with E-state index in [9.17, 15) is 4.79 Å². The molecule has 2 rings (SSSR count). The first kappa shape index (κ1) is 16.0. The van der Waals surface area contributed by atoms with Crippen LogP contribution in [0.1, 0.15) is 43.8 Å². The number of imidazole rings is 1. The van der Waals surface area contributed by atoms with Crippen LogP contribution < -0.4 is 5.32 Å². The zero-order valence-electron chi connectivity index (χ0n) is 13.5. The molecule has 120 valence electrons. The van der Waals surface area contributed by atoms with E-state index in [0.717, 1.165) is 18.1 Å². The number of amides is 2. The van der Waals surface area contributed by atoms with Gasteiger partial charge in [-0.3, -0.25) is 5.10 Å². The molecule has 2 aromatic heterocycles. The van der Waals surface area contributed by atoms with Crippen molar-refractivity contribution in [1.82, 2.24) is 34.9 Å². The minimum Gasteiger partial charge on any atom is -0.337 e. The van der Waals surface area contributed by atoms with Crippen LogP contribution in [0.5, 0.6) is 0 Å². The molecule has 0 aromatic carbocycles. The summed E-state index contributed by atoms with van der Waals surface area (Å²) in [4.78, 5) is 22.7. The van der Waals surface area contributed by atoms with Gasteiger partial charge in [-0.05, 0) is 20.3 Å². The quantitative estimate of drug-likeness (QED) is 0.846. The zero-order valence-corrected chi connectivity index (χ0v) is 13.5. The Hall–Kier alpha value is -2.38. The van der Waals surface area contributed by atoms with Gasteiger partial charge in [-0.1, -0.05) is 6.92 Å². The van der Waals surface area contributed by atoms with E-state index in [0.29, 0.717) is 18.9 Å². The molecular weight excluding hydrogens is 282 g/mol. The predicted octanol–water partition coefficient (Wildman–Crippen LogP) is 1.53. The third-order valence-corrected chi connectivity index (χ3v) is 3.38. The number of hydrogen-bond donors (Lipinski definition) is 2. The Balaban J connectivity index is 2.01. The standard InChI is InChI=1S/C14H23N7O/c1-5-7-21(9-12-15-6-8-20(12)4)14(22)16-10(2)13-17-11(3)18-19-13/h6,8,10H,5,7,9H2,1-4H3,(H,16,22)(H,17,18,19)/t10-/m0/s1. The Labute approximate surface area is 129 Å². The molecule has 2 aromatic rings. The van der Waals surface area contributed by atoms with Crippen molar-refractivity contribution in [3.63, 3.8) is 0 Å². The molecule has 1 atom stereocenters. The highest BCUT2D eigenvalue weighted by Crippen LogP contribution is 2.09. The topological polar surface area (TPSA) is 91.7 Å². The first-order chi connectivity index (χ1) is 10.5. The molecular formula is C14H23N7O. The van der Waals surface area contributed by atoms with Crippen LogP contribution in [0, 0.1) is 6.92 Å². The maximum absolute atomic E-state index is 12.5. The zero-order chi connectivity index (χ0) is 16.1. The predicted molar refractivity (Wildman–Crippen MR) is 82.0 cm³/mol. The van der Waals surface area contributed by atoms with Crippen LogP contribution in [0.4, 0.5) is 4.79 Å². The third kappa shape index (κ3) is 3.84. The second kappa shape index (κ2) is 7.06. The van der Waals surface area contributed by atoms with Crippen molar-refractivity contribution >= 4 is 6.03 Å². The van der Waals surface area contributed by atoms with Gasteiger partial charge in [0.1, 0.15) is 11.6 Å². The smallest absolute Gasteiger partial charge is 0.318 e. The fraction of sp³-hybridized carbons (Fsp3) is 0.571. The molecule has 0 saturated heterocycles. The summed E-state index contributed by atoms with van der Waals surface area (Å²) in [7, 11) is 1.92. The summed E-state index contributed by atoms with van der Waals surface area (Å²) >= 11 is 0. The lowest BCUT2D eigenvalue weighted by molar-refractivity contribution is 0.189. The van der Waals surface area contributed by atoms with Crippen molar-refractivity contribution < 1.29 is 4.79 Å². The summed E-state index contributed by atoms with van der Waals surface area (Å²) < 4.78 is 1.91. The number of urea groups is 1. The molecule has 2 heterocycles. The van der Waals surface area contributed by atoms with Crippen LogP contribution in [-0.4, -0.2) is 42.2 Å². The summed E-state index contributed by atoms with van der Waals surface area (Å²) in [5, 5.41) is 9.79. The normalized spacial score (nSPS) is 12.2. The lowest BCUT2D eigenvalue weighted by Crippen LogP contribution is -2.41. The highest BCUT2D eigenvalue weighted by Gasteiger charge is 2.19. The summed E-state index contributed by atoms with van der Waals surface area (Å²) in [6.07, 6.45) is 4.48. The largest absolute Gasteiger partial charge is 0.337 e. The van der Waals surface area contributed by atoms with Crippen molar-refractivity contribution in [2.24, 2.45) is 7.05 Å². The lowest BCUT2D eigenvalue weighted by Gasteiger charge is -2.23. The van der Waals surface area contributed by atoms with E-state index in [1.165, 1.54) is 0 Å². The maximum atomic E-state index is 12.5. The van der Waals surface area contributed by atoms with Crippen molar-refractivity contribution in [2.45, 2.75) is 39.8 Å². The molecule has 0 radical (unpaired) electrons. The van der Waals surface area contributed by atoms with E-state index < -0.39 is 0 Å². The molecule has 0 saturated carbocycles. The Morgan fingerprint density at radius 3 is 2.86 bits per heavy atom. The molecule has 0 aliphatic carbocycles. The number of aromatic amines is 1. The second-order valence-electron chi connectivity index (χ2n) is 5.33. The van der Waals surface area contributed by atoms with Crippen LogP contribution in [0.3, 0.4) is 0 Å². The van der Waals surface area contributed by atoms with Crippen LogP contribution >= 0.6 is 0 Å². The lowest BCUT2D eigenvalue weighted by atomic mass is 10.3. The Morgan fingerprint density at radius 1 is 1.55 bits per heavy atom. The molecule has 0 fully saturated rings. The van der Waals surface area contributed by atoms with Gasteiger partial charge in [0.2, 0.25) is 0 Å². The molecule has 2 N–H and O–H groups in total. The first-order valence-corrected chi connectivity index (χ1v) is 7.41. The molecule has 2 amide bonds. The Morgan fingerprint density at radius 2 is 2.32 bits per heavy atom. The highest BCUT2D eigenvalue weighted by atomic mass is 16.2. The number of rotatable bonds is 6. The number of nitrogens with one attached hydrogen (secondary N) is 2. The van der Waals surface area contributed by atoms with Gasteiger partial charge in [0.25, 0.3) is 0 Å². The van der Waals surface area contributed by atoms with Crippen molar-refractivity contribution in [3.05, 3.63) is 29.9 Å². The first-order valence-electron chi connectivity index (χ1n) is 7.41. The summed E-state index contributed by atoms with van der Waals surface area (Å²) in [6.45, 7) is 6.88. The summed E-state index contributed by atoms with van der Waals surface area (Å²) in [5.41, 5.74) is 0.